The summed E-state index contributed by atoms with van der Waals surface area (Å²) in [7, 11) is 1.56. The molecule has 3 aromatic rings. The fraction of sp³-hybridized carbons (Fsp3) is 0.0556. The minimum atomic E-state index is -0.270. The van der Waals surface area contributed by atoms with Gasteiger partial charge in [-0.3, -0.25) is 4.79 Å². The van der Waals surface area contributed by atoms with Crippen LogP contribution in [0.3, 0.4) is 0 Å². The Morgan fingerprint density at radius 2 is 1.88 bits per heavy atom. The molecule has 1 amide bonds. The number of amides is 1. The SMILES string of the molecule is COc1ccccc1NC(=O)/C=C/c1cnn(-c2ccccc2)n1. The van der Waals surface area contributed by atoms with Crippen LogP contribution in [-0.2, 0) is 4.79 Å². The molecule has 0 bridgehead atoms. The van der Waals surface area contributed by atoms with Gasteiger partial charge in [0.1, 0.15) is 11.4 Å². The van der Waals surface area contributed by atoms with Gasteiger partial charge in [-0.25, -0.2) is 0 Å². The van der Waals surface area contributed by atoms with Crippen LogP contribution in [0.15, 0.2) is 66.9 Å². The van der Waals surface area contributed by atoms with Crippen LogP contribution in [0.1, 0.15) is 5.69 Å². The van der Waals surface area contributed by atoms with E-state index in [1.165, 1.54) is 10.9 Å². The molecule has 0 saturated carbocycles. The van der Waals surface area contributed by atoms with Gasteiger partial charge in [0.05, 0.1) is 24.7 Å². The average Bonchev–Trinajstić information content (AvgIpc) is 3.10. The van der Waals surface area contributed by atoms with E-state index in [-0.39, 0.29) is 5.91 Å². The molecule has 6 nitrogen and oxygen atoms in total. The number of anilines is 1. The largest absolute Gasteiger partial charge is 0.495 e. The van der Waals surface area contributed by atoms with Crippen molar-refractivity contribution in [2.75, 3.05) is 12.4 Å². The van der Waals surface area contributed by atoms with E-state index in [1.807, 2.05) is 42.5 Å². The van der Waals surface area contributed by atoms with Gasteiger partial charge in [-0.2, -0.15) is 9.90 Å². The number of benzene rings is 2. The van der Waals surface area contributed by atoms with Gasteiger partial charge in [0, 0.05) is 6.08 Å². The second kappa shape index (κ2) is 7.23. The zero-order valence-corrected chi connectivity index (χ0v) is 13.1. The van der Waals surface area contributed by atoms with Crippen LogP contribution in [0.2, 0.25) is 0 Å². The maximum Gasteiger partial charge on any atom is 0.248 e. The third-order valence-corrected chi connectivity index (χ3v) is 3.27. The van der Waals surface area contributed by atoms with Gasteiger partial charge in [-0.15, -0.1) is 5.10 Å². The molecule has 1 aromatic heterocycles. The van der Waals surface area contributed by atoms with E-state index in [2.05, 4.69) is 15.5 Å². The lowest BCUT2D eigenvalue weighted by Gasteiger charge is -2.07. The number of aromatic nitrogens is 3. The summed E-state index contributed by atoms with van der Waals surface area (Å²) in [6.07, 6.45) is 4.61. The number of hydrogen-bond acceptors (Lipinski definition) is 4. The summed E-state index contributed by atoms with van der Waals surface area (Å²) in [5.41, 5.74) is 2.06. The molecule has 0 aliphatic rings. The molecule has 3 rings (SSSR count). The fourth-order valence-electron chi connectivity index (χ4n) is 2.12. The Balaban J connectivity index is 1.68. The average molecular weight is 320 g/mol. The number of carbonyl (C=O) groups is 1. The van der Waals surface area contributed by atoms with Crippen molar-refractivity contribution in [2.24, 2.45) is 0 Å². The first-order valence-corrected chi connectivity index (χ1v) is 7.36. The van der Waals surface area contributed by atoms with E-state index in [1.54, 1.807) is 31.5 Å². The smallest absolute Gasteiger partial charge is 0.248 e. The zero-order chi connectivity index (χ0) is 16.8. The van der Waals surface area contributed by atoms with E-state index in [9.17, 15) is 4.79 Å². The summed E-state index contributed by atoms with van der Waals surface area (Å²) in [5.74, 6) is 0.336. The molecule has 0 radical (unpaired) electrons. The summed E-state index contributed by atoms with van der Waals surface area (Å²) < 4.78 is 5.20. The van der Waals surface area contributed by atoms with E-state index >= 15 is 0 Å². The van der Waals surface area contributed by atoms with Crippen molar-refractivity contribution in [1.82, 2.24) is 15.0 Å². The highest BCUT2D eigenvalue weighted by molar-refractivity contribution is 6.02. The molecule has 24 heavy (non-hydrogen) atoms. The highest BCUT2D eigenvalue weighted by atomic mass is 16.5. The number of nitrogens with one attached hydrogen (secondary N) is 1. The van der Waals surface area contributed by atoms with Gasteiger partial charge < -0.3 is 10.1 Å². The Hall–Kier alpha value is -3.41. The number of hydrogen-bond donors (Lipinski definition) is 1. The Kier molecular flexibility index (Phi) is 4.67. The van der Waals surface area contributed by atoms with Crippen molar-refractivity contribution >= 4 is 17.7 Å². The number of carbonyl (C=O) groups excluding carboxylic acids is 1. The maximum atomic E-state index is 12.0. The molecule has 0 fully saturated rings. The molecular weight excluding hydrogens is 304 g/mol. The third-order valence-electron chi connectivity index (χ3n) is 3.27. The minimum absolute atomic E-state index is 0.270. The number of nitrogens with zero attached hydrogens (tertiary/aromatic N) is 3. The third kappa shape index (κ3) is 3.67. The molecule has 120 valence electrons. The minimum Gasteiger partial charge on any atom is -0.495 e. The van der Waals surface area contributed by atoms with E-state index in [0.29, 0.717) is 17.1 Å². The van der Waals surface area contributed by atoms with Crippen LogP contribution in [0, 0.1) is 0 Å². The van der Waals surface area contributed by atoms with Gasteiger partial charge in [-0.1, -0.05) is 30.3 Å². The summed E-state index contributed by atoms with van der Waals surface area (Å²) >= 11 is 0. The first kappa shape index (κ1) is 15.5. The first-order valence-electron chi connectivity index (χ1n) is 7.36. The van der Waals surface area contributed by atoms with Crippen LogP contribution in [0.25, 0.3) is 11.8 Å². The van der Waals surface area contributed by atoms with E-state index in [0.717, 1.165) is 5.69 Å². The van der Waals surface area contributed by atoms with Crippen molar-refractivity contribution in [1.29, 1.82) is 0 Å². The maximum absolute atomic E-state index is 12.0. The van der Waals surface area contributed by atoms with Crippen LogP contribution in [-0.4, -0.2) is 28.0 Å². The standard InChI is InChI=1S/C18H16N4O2/c1-24-17-10-6-5-9-16(17)20-18(23)12-11-14-13-19-22(21-14)15-7-3-2-4-8-15/h2-13H,1H3,(H,20,23)/b12-11+. The lowest BCUT2D eigenvalue weighted by molar-refractivity contribution is -0.111. The molecule has 0 aliphatic carbocycles. The number of methoxy groups -OCH3 is 1. The van der Waals surface area contributed by atoms with Crippen molar-refractivity contribution in [3.63, 3.8) is 0 Å². The number of ether oxygens (including phenoxy) is 1. The molecule has 1 heterocycles. The topological polar surface area (TPSA) is 69.0 Å². The molecule has 2 aromatic carbocycles. The second-order valence-electron chi connectivity index (χ2n) is 4.92. The Bertz CT molecular complexity index is 856. The summed E-state index contributed by atoms with van der Waals surface area (Å²) in [6, 6.07) is 16.8. The summed E-state index contributed by atoms with van der Waals surface area (Å²) in [4.78, 5) is 13.5. The Labute approximate surface area is 139 Å². The highest BCUT2D eigenvalue weighted by Crippen LogP contribution is 2.22. The second-order valence-corrected chi connectivity index (χ2v) is 4.92. The first-order chi connectivity index (χ1) is 11.8. The predicted octanol–water partition coefficient (Wildman–Crippen LogP) is 2.93. The molecule has 0 unspecified atom stereocenters. The van der Waals surface area contributed by atoms with Crippen LogP contribution >= 0.6 is 0 Å². The van der Waals surface area contributed by atoms with Crippen molar-refractivity contribution in [3.05, 3.63) is 72.6 Å². The van der Waals surface area contributed by atoms with Gasteiger partial charge in [-0.05, 0) is 30.3 Å². The van der Waals surface area contributed by atoms with E-state index < -0.39 is 0 Å². The fourth-order valence-corrected chi connectivity index (χ4v) is 2.12. The van der Waals surface area contributed by atoms with Crippen molar-refractivity contribution in [3.8, 4) is 11.4 Å². The molecule has 1 N–H and O–H groups in total. The van der Waals surface area contributed by atoms with Crippen LogP contribution in [0.4, 0.5) is 5.69 Å². The predicted molar refractivity (Wildman–Crippen MR) is 92.0 cm³/mol. The molecule has 0 atom stereocenters. The quantitative estimate of drug-likeness (QED) is 0.734. The van der Waals surface area contributed by atoms with Crippen LogP contribution < -0.4 is 10.1 Å². The zero-order valence-electron chi connectivity index (χ0n) is 13.1. The molecular formula is C18H16N4O2. The summed E-state index contributed by atoms with van der Waals surface area (Å²) in [6.45, 7) is 0. The Morgan fingerprint density at radius 1 is 1.12 bits per heavy atom. The van der Waals surface area contributed by atoms with Gasteiger partial charge in [0.2, 0.25) is 5.91 Å². The molecule has 0 spiro atoms. The van der Waals surface area contributed by atoms with Crippen molar-refractivity contribution < 1.29 is 9.53 Å². The van der Waals surface area contributed by atoms with Gasteiger partial charge in [0.25, 0.3) is 0 Å². The summed E-state index contributed by atoms with van der Waals surface area (Å²) in [5, 5.41) is 11.3. The van der Waals surface area contributed by atoms with Crippen LogP contribution in [0.5, 0.6) is 5.75 Å². The monoisotopic (exact) mass is 320 g/mol. The lowest BCUT2D eigenvalue weighted by atomic mass is 10.3. The Morgan fingerprint density at radius 3 is 2.67 bits per heavy atom. The van der Waals surface area contributed by atoms with Crippen molar-refractivity contribution in [2.45, 2.75) is 0 Å². The molecule has 0 saturated heterocycles. The number of rotatable bonds is 5. The van der Waals surface area contributed by atoms with Gasteiger partial charge >= 0.3 is 0 Å². The van der Waals surface area contributed by atoms with Gasteiger partial charge in [0.15, 0.2) is 0 Å². The highest BCUT2D eigenvalue weighted by Gasteiger charge is 2.05. The lowest BCUT2D eigenvalue weighted by Crippen LogP contribution is -2.08. The number of para-hydroxylation sites is 3. The normalized spacial score (nSPS) is 10.7. The van der Waals surface area contributed by atoms with E-state index in [4.69, 9.17) is 4.74 Å². The molecule has 0 aliphatic heterocycles. The molecule has 6 heteroatoms.